The van der Waals surface area contributed by atoms with Gasteiger partial charge in [-0.25, -0.2) is 13.2 Å². The summed E-state index contributed by atoms with van der Waals surface area (Å²) in [6.07, 6.45) is 0.506. The number of sulfonamides is 1. The van der Waals surface area contributed by atoms with E-state index < -0.39 is 22.2 Å². The van der Waals surface area contributed by atoms with E-state index in [-0.39, 0.29) is 37.4 Å². The average molecular weight is 549 g/mol. The van der Waals surface area contributed by atoms with Gasteiger partial charge in [0.2, 0.25) is 15.9 Å². The Morgan fingerprint density at radius 3 is 2.50 bits per heavy atom. The lowest BCUT2D eigenvalue weighted by molar-refractivity contribution is -0.134. The second-order valence-electron chi connectivity index (χ2n) is 9.62. The number of aliphatic hydroxyl groups excluding tert-OH is 1. The van der Waals surface area contributed by atoms with E-state index in [1.807, 2.05) is 6.92 Å². The fourth-order valence-corrected chi connectivity index (χ4v) is 4.73. The Morgan fingerprint density at radius 1 is 1.24 bits per heavy atom. The molecule has 1 aliphatic rings. The number of anilines is 2. The number of ether oxygens (including phenoxy) is 2. The van der Waals surface area contributed by atoms with Crippen molar-refractivity contribution in [3.05, 3.63) is 48.0 Å². The van der Waals surface area contributed by atoms with E-state index in [4.69, 9.17) is 9.47 Å². The number of urea groups is 1. The zero-order valence-electron chi connectivity index (χ0n) is 22.3. The molecule has 3 rings (SSSR count). The van der Waals surface area contributed by atoms with Gasteiger partial charge in [-0.15, -0.1) is 0 Å². The molecule has 0 radical (unpaired) electrons. The number of methoxy groups -OCH3 is 1. The fraction of sp³-hybridized carbons (Fsp3) is 0.462. The second kappa shape index (κ2) is 12.4. The Hall–Kier alpha value is -3.51. The molecule has 3 N–H and O–H groups in total. The van der Waals surface area contributed by atoms with Crippen molar-refractivity contribution in [1.29, 1.82) is 0 Å². The molecule has 38 heavy (non-hydrogen) atoms. The lowest BCUT2D eigenvalue weighted by atomic mass is 10.0. The van der Waals surface area contributed by atoms with E-state index in [0.717, 1.165) is 6.26 Å². The first kappa shape index (κ1) is 29.1. The highest BCUT2D eigenvalue weighted by Crippen LogP contribution is 2.29. The lowest BCUT2D eigenvalue weighted by Gasteiger charge is -2.34. The molecule has 3 atom stereocenters. The summed E-state index contributed by atoms with van der Waals surface area (Å²) in [5.41, 5.74) is 1.42. The Morgan fingerprint density at radius 2 is 1.89 bits per heavy atom. The van der Waals surface area contributed by atoms with Gasteiger partial charge >= 0.3 is 6.03 Å². The minimum Gasteiger partial charge on any atom is -0.497 e. The van der Waals surface area contributed by atoms with Gasteiger partial charge in [0.25, 0.3) is 0 Å². The zero-order valence-corrected chi connectivity index (χ0v) is 23.1. The molecule has 0 saturated heterocycles. The van der Waals surface area contributed by atoms with E-state index in [0.29, 0.717) is 35.0 Å². The first-order chi connectivity index (χ1) is 17.9. The molecule has 0 saturated carbocycles. The number of carbonyl (C=O) groups excluding carboxylic acids is 2. The van der Waals surface area contributed by atoms with Crippen molar-refractivity contribution in [2.45, 2.75) is 32.4 Å². The van der Waals surface area contributed by atoms with Crippen LogP contribution in [0, 0.1) is 5.92 Å². The topological polar surface area (TPSA) is 138 Å². The number of rotatable bonds is 8. The van der Waals surface area contributed by atoms with E-state index >= 15 is 0 Å². The maximum absolute atomic E-state index is 13.2. The van der Waals surface area contributed by atoms with Gasteiger partial charge in [0.05, 0.1) is 39.0 Å². The molecule has 1 heterocycles. The molecular formula is C26H36N4O7S. The Bertz CT molecular complexity index is 1240. The van der Waals surface area contributed by atoms with Crippen molar-refractivity contribution in [3.8, 4) is 11.5 Å². The average Bonchev–Trinajstić information content (AvgIpc) is 2.90. The molecule has 1 aliphatic heterocycles. The van der Waals surface area contributed by atoms with Crippen LogP contribution in [-0.2, 0) is 21.2 Å². The maximum Gasteiger partial charge on any atom is 0.321 e. The van der Waals surface area contributed by atoms with Gasteiger partial charge in [-0.1, -0.05) is 6.92 Å². The summed E-state index contributed by atoms with van der Waals surface area (Å²) in [5.74, 6) is 0.681. The number of benzene rings is 2. The molecular weight excluding hydrogens is 512 g/mol. The number of amides is 3. The van der Waals surface area contributed by atoms with Crippen LogP contribution in [0.3, 0.4) is 0 Å². The molecule has 12 heteroatoms. The van der Waals surface area contributed by atoms with Crippen LogP contribution < -0.4 is 19.5 Å². The molecule has 0 aliphatic carbocycles. The molecule has 2 aromatic rings. The number of fused-ring (bicyclic) bond motifs is 1. The smallest absolute Gasteiger partial charge is 0.321 e. The summed E-state index contributed by atoms with van der Waals surface area (Å²) in [7, 11) is -0.301. The van der Waals surface area contributed by atoms with Crippen LogP contribution in [0.25, 0.3) is 0 Å². The van der Waals surface area contributed by atoms with Crippen LogP contribution in [0.15, 0.2) is 42.5 Å². The highest BCUT2D eigenvalue weighted by atomic mass is 32.2. The molecule has 0 spiro atoms. The molecule has 0 aromatic heterocycles. The molecule has 3 amide bonds. The summed E-state index contributed by atoms with van der Waals surface area (Å²) in [6, 6.07) is 11.0. The lowest BCUT2D eigenvalue weighted by Crippen LogP contribution is -2.48. The Kier molecular flexibility index (Phi) is 9.45. The number of nitrogens with one attached hydrogen (secondary N) is 2. The van der Waals surface area contributed by atoms with Crippen LogP contribution in [0.2, 0.25) is 0 Å². The molecule has 0 unspecified atom stereocenters. The van der Waals surface area contributed by atoms with Crippen LogP contribution >= 0.6 is 0 Å². The van der Waals surface area contributed by atoms with Crippen LogP contribution in [0.5, 0.6) is 11.5 Å². The number of aliphatic hydroxyl groups is 1. The van der Waals surface area contributed by atoms with Crippen molar-refractivity contribution >= 4 is 33.3 Å². The Labute approximate surface area is 223 Å². The third-order valence-electron chi connectivity index (χ3n) is 6.36. The van der Waals surface area contributed by atoms with Gasteiger partial charge < -0.3 is 29.7 Å². The maximum atomic E-state index is 13.2. The monoisotopic (exact) mass is 548 g/mol. The van der Waals surface area contributed by atoms with Crippen LogP contribution in [0.1, 0.15) is 19.4 Å². The third kappa shape index (κ3) is 7.75. The summed E-state index contributed by atoms with van der Waals surface area (Å²) < 4.78 is 37.4. The third-order valence-corrected chi connectivity index (χ3v) is 6.97. The predicted molar refractivity (Wildman–Crippen MR) is 145 cm³/mol. The van der Waals surface area contributed by atoms with E-state index in [1.165, 1.54) is 4.90 Å². The number of nitrogens with zero attached hydrogens (tertiary/aromatic N) is 2. The van der Waals surface area contributed by atoms with Gasteiger partial charge in [0.1, 0.15) is 17.6 Å². The van der Waals surface area contributed by atoms with Crippen molar-refractivity contribution in [1.82, 2.24) is 9.80 Å². The standard InChI is InChI=1S/C26H36N4O7S/c1-17-14-30(18(2)16-31)25(32)13-19-12-21(28-38(5,34)35)8-11-23(19)37-24(17)15-29(3)26(33)27-20-6-9-22(36-4)10-7-20/h6-12,17-18,24,28,31H,13-16H2,1-5H3,(H,27,33)/t17-,18+,24+/m1/s1. The normalized spacial score (nSPS) is 18.7. The molecule has 11 nitrogen and oxygen atoms in total. The predicted octanol–water partition coefficient (Wildman–Crippen LogP) is 2.38. The molecule has 2 aromatic carbocycles. The summed E-state index contributed by atoms with van der Waals surface area (Å²) in [5, 5.41) is 12.6. The van der Waals surface area contributed by atoms with E-state index in [1.54, 1.807) is 68.4 Å². The van der Waals surface area contributed by atoms with Crippen LogP contribution in [0.4, 0.5) is 16.2 Å². The summed E-state index contributed by atoms with van der Waals surface area (Å²) in [4.78, 5) is 29.3. The number of likely N-dealkylation sites (N-methyl/N-ethyl adjacent to an activating group) is 1. The first-order valence-electron chi connectivity index (χ1n) is 12.2. The van der Waals surface area contributed by atoms with Gasteiger partial charge in [-0.2, -0.15) is 0 Å². The minimum absolute atomic E-state index is 0.0355. The van der Waals surface area contributed by atoms with Crippen molar-refractivity contribution in [2.24, 2.45) is 5.92 Å². The summed E-state index contributed by atoms with van der Waals surface area (Å²) in [6.45, 7) is 3.99. The first-order valence-corrected chi connectivity index (χ1v) is 14.1. The van der Waals surface area contributed by atoms with Crippen molar-refractivity contribution in [3.63, 3.8) is 0 Å². The highest BCUT2D eigenvalue weighted by molar-refractivity contribution is 7.92. The number of hydrogen-bond donors (Lipinski definition) is 3. The van der Waals surface area contributed by atoms with Gasteiger partial charge in [-0.3, -0.25) is 9.52 Å². The van der Waals surface area contributed by atoms with Gasteiger partial charge in [0.15, 0.2) is 0 Å². The number of hydrogen-bond acceptors (Lipinski definition) is 7. The highest BCUT2D eigenvalue weighted by Gasteiger charge is 2.32. The van der Waals surface area contributed by atoms with Gasteiger partial charge in [0, 0.05) is 36.4 Å². The van der Waals surface area contributed by atoms with Gasteiger partial charge in [-0.05, 0) is 49.4 Å². The van der Waals surface area contributed by atoms with Crippen molar-refractivity contribution < 1.29 is 32.6 Å². The second-order valence-corrected chi connectivity index (χ2v) is 11.4. The largest absolute Gasteiger partial charge is 0.497 e. The fourth-order valence-electron chi connectivity index (χ4n) is 4.17. The quantitative estimate of drug-likeness (QED) is 0.461. The van der Waals surface area contributed by atoms with E-state index in [9.17, 15) is 23.1 Å². The van der Waals surface area contributed by atoms with Crippen LogP contribution in [-0.4, -0.2) is 87.5 Å². The Balaban J connectivity index is 1.87. The molecule has 0 fully saturated rings. The SMILES string of the molecule is COc1ccc(NC(=O)N(C)C[C@@H]2Oc3ccc(NS(C)(=O)=O)cc3CC(=O)N([C@@H](C)CO)C[C@H]2C)cc1. The molecule has 208 valence electrons. The minimum atomic E-state index is -3.52. The summed E-state index contributed by atoms with van der Waals surface area (Å²) >= 11 is 0. The van der Waals surface area contributed by atoms with Crippen molar-refractivity contribution in [2.75, 3.05) is 50.1 Å². The van der Waals surface area contributed by atoms with E-state index in [2.05, 4.69) is 10.0 Å². The number of carbonyl (C=O) groups is 2. The molecule has 0 bridgehead atoms. The zero-order chi connectivity index (χ0) is 28.0.